The molecule has 4 aliphatic rings. The van der Waals surface area contributed by atoms with Crippen LogP contribution in [0.5, 0.6) is 0 Å². The molecule has 0 aromatic rings. The maximum atomic E-state index is 13.8. The fourth-order valence-corrected chi connectivity index (χ4v) is 8.48. The van der Waals surface area contributed by atoms with Gasteiger partial charge in [0, 0.05) is 25.2 Å². The molecule has 0 aliphatic heterocycles. The predicted molar refractivity (Wildman–Crippen MR) is 114 cm³/mol. The van der Waals surface area contributed by atoms with Gasteiger partial charge in [-0.3, -0.25) is 9.59 Å². The van der Waals surface area contributed by atoms with Crippen LogP contribution in [0, 0.1) is 57.7 Å². The first-order chi connectivity index (χ1) is 13.8. The number of hydrogen-bond donors (Lipinski definition) is 0. The van der Waals surface area contributed by atoms with Crippen molar-refractivity contribution in [3.8, 4) is 6.07 Å². The normalized spacial score (nSPS) is 46.6. The van der Waals surface area contributed by atoms with Gasteiger partial charge in [-0.25, -0.2) is 0 Å². The number of carbonyl (C=O) groups is 2. The molecule has 0 spiro atoms. The van der Waals surface area contributed by atoms with Gasteiger partial charge in [-0.15, -0.1) is 0 Å². The Bertz CT molecular complexity index is 776. The van der Waals surface area contributed by atoms with Crippen molar-refractivity contribution in [2.45, 2.75) is 85.5 Å². The van der Waals surface area contributed by atoms with E-state index in [4.69, 9.17) is 5.26 Å². The number of rotatable bonds is 3. The molecule has 0 aromatic carbocycles. The molecular formula is C26H37NO2. The highest BCUT2D eigenvalue weighted by molar-refractivity contribution is 6.00. The standard InChI is InChI=1S/C26H37NO2/c1-5-18-22-15-17(28)10-12-26(22,4)21-11-13-25(3)19(16(2)7-6-14-27)8-9-20(25)23(21)24(18)29/h5,16,19-23H,6-13,15H2,1-4H3/b18-5+/t16-,19?,20?,21?,22+,23?,25-,26-/m1/s1. The largest absolute Gasteiger partial charge is 0.300 e. The van der Waals surface area contributed by atoms with Crippen LogP contribution in [0.2, 0.25) is 0 Å². The second-order valence-electron chi connectivity index (χ2n) is 11.1. The number of nitriles is 1. The van der Waals surface area contributed by atoms with E-state index in [1.165, 1.54) is 12.8 Å². The summed E-state index contributed by atoms with van der Waals surface area (Å²) in [6.45, 7) is 9.17. The lowest BCUT2D eigenvalue weighted by Crippen LogP contribution is -2.58. The van der Waals surface area contributed by atoms with Crippen LogP contribution in [0.15, 0.2) is 11.6 Å². The lowest BCUT2D eigenvalue weighted by molar-refractivity contribution is -0.149. The van der Waals surface area contributed by atoms with Crippen molar-refractivity contribution in [3.63, 3.8) is 0 Å². The third-order valence-electron chi connectivity index (χ3n) is 10.0. The van der Waals surface area contributed by atoms with Crippen LogP contribution in [0.25, 0.3) is 0 Å². The summed E-state index contributed by atoms with van der Waals surface area (Å²) in [5, 5.41) is 9.03. The Kier molecular flexibility index (Phi) is 5.29. The third kappa shape index (κ3) is 2.96. The average molecular weight is 396 g/mol. The molecule has 4 fully saturated rings. The Morgan fingerprint density at radius 3 is 2.55 bits per heavy atom. The molecule has 0 amide bonds. The van der Waals surface area contributed by atoms with Gasteiger partial charge in [0.05, 0.1) is 6.07 Å². The molecule has 0 radical (unpaired) electrons. The van der Waals surface area contributed by atoms with Gasteiger partial charge in [0.2, 0.25) is 0 Å². The van der Waals surface area contributed by atoms with Gasteiger partial charge in [-0.05, 0) is 91.4 Å². The van der Waals surface area contributed by atoms with E-state index < -0.39 is 0 Å². The Labute approximate surface area is 176 Å². The highest BCUT2D eigenvalue weighted by Gasteiger charge is 2.64. The summed E-state index contributed by atoms with van der Waals surface area (Å²) in [6, 6.07) is 2.32. The van der Waals surface area contributed by atoms with Crippen LogP contribution in [0.3, 0.4) is 0 Å². The first-order valence-corrected chi connectivity index (χ1v) is 11.9. The van der Waals surface area contributed by atoms with Gasteiger partial charge in [0.15, 0.2) is 5.78 Å². The lowest BCUT2D eigenvalue weighted by atomic mass is 9.43. The maximum absolute atomic E-state index is 13.8. The summed E-state index contributed by atoms with van der Waals surface area (Å²) in [7, 11) is 0. The Balaban J connectivity index is 1.68. The average Bonchev–Trinajstić information content (AvgIpc) is 3.05. The monoisotopic (exact) mass is 395 g/mol. The first-order valence-electron chi connectivity index (χ1n) is 11.9. The summed E-state index contributed by atoms with van der Waals surface area (Å²) in [4.78, 5) is 26.1. The van der Waals surface area contributed by atoms with Crippen molar-refractivity contribution in [2.24, 2.45) is 46.3 Å². The van der Waals surface area contributed by atoms with Crippen molar-refractivity contribution in [1.82, 2.24) is 0 Å². The van der Waals surface area contributed by atoms with Crippen LogP contribution in [-0.4, -0.2) is 11.6 Å². The SMILES string of the molecule is C/C=C1/C(=O)C2C3CCC([C@H](C)CCC#N)[C@@]3(C)CCC2[C@@]2(C)CCC(=O)C[C@@H]12. The molecule has 4 saturated carbocycles. The lowest BCUT2D eigenvalue weighted by Gasteiger charge is -2.60. The van der Waals surface area contributed by atoms with E-state index in [9.17, 15) is 9.59 Å². The zero-order chi connectivity index (χ0) is 21.0. The minimum Gasteiger partial charge on any atom is -0.300 e. The molecular weight excluding hydrogens is 358 g/mol. The highest BCUT2D eigenvalue weighted by atomic mass is 16.1. The highest BCUT2D eigenvalue weighted by Crippen LogP contribution is 2.68. The molecule has 4 aliphatic carbocycles. The van der Waals surface area contributed by atoms with E-state index in [1.54, 1.807) is 0 Å². The van der Waals surface area contributed by atoms with Gasteiger partial charge in [-0.2, -0.15) is 5.26 Å². The van der Waals surface area contributed by atoms with Crippen molar-refractivity contribution in [1.29, 1.82) is 5.26 Å². The molecule has 4 rings (SSSR count). The minimum atomic E-state index is 0.0974. The molecule has 158 valence electrons. The molecule has 0 saturated heterocycles. The third-order valence-corrected chi connectivity index (χ3v) is 10.0. The van der Waals surface area contributed by atoms with Gasteiger partial charge < -0.3 is 0 Å². The molecule has 3 heteroatoms. The zero-order valence-corrected chi connectivity index (χ0v) is 18.7. The molecule has 0 aromatic heterocycles. The van der Waals surface area contributed by atoms with Crippen LogP contribution in [0.1, 0.15) is 85.5 Å². The molecule has 0 N–H and O–H groups in total. The first kappa shape index (κ1) is 20.8. The van der Waals surface area contributed by atoms with E-state index >= 15 is 0 Å². The van der Waals surface area contributed by atoms with Crippen LogP contribution >= 0.6 is 0 Å². The zero-order valence-electron chi connectivity index (χ0n) is 18.7. The van der Waals surface area contributed by atoms with Crippen LogP contribution in [0.4, 0.5) is 0 Å². The maximum Gasteiger partial charge on any atom is 0.162 e. The van der Waals surface area contributed by atoms with Crippen LogP contribution < -0.4 is 0 Å². The summed E-state index contributed by atoms with van der Waals surface area (Å²) in [5.41, 5.74) is 1.28. The summed E-state index contributed by atoms with van der Waals surface area (Å²) < 4.78 is 0. The number of ketones is 2. The molecule has 29 heavy (non-hydrogen) atoms. The van der Waals surface area contributed by atoms with E-state index in [-0.39, 0.29) is 22.7 Å². The summed E-state index contributed by atoms with van der Waals surface area (Å²) in [5.74, 6) is 3.07. The fraction of sp³-hybridized carbons (Fsp3) is 0.808. The molecule has 0 heterocycles. The van der Waals surface area contributed by atoms with Crippen molar-refractivity contribution < 1.29 is 9.59 Å². The fourth-order valence-electron chi connectivity index (χ4n) is 8.48. The van der Waals surface area contributed by atoms with Crippen molar-refractivity contribution in [3.05, 3.63) is 11.6 Å². The second kappa shape index (κ2) is 7.36. The summed E-state index contributed by atoms with van der Waals surface area (Å²) >= 11 is 0. The molecule has 8 atom stereocenters. The van der Waals surface area contributed by atoms with Crippen molar-refractivity contribution >= 4 is 11.6 Å². The van der Waals surface area contributed by atoms with E-state index in [1.807, 2.05) is 13.0 Å². The molecule has 0 bridgehead atoms. The van der Waals surface area contributed by atoms with Gasteiger partial charge in [0.1, 0.15) is 5.78 Å². The number of allylic oxidation sites excluding steroid dienone is 2. The number of hydrogen-bond acceptors (Lipinski definition) is 3. The number of carbonyl (C=O) groups excluding carboxylic acids is 2. The van der Waals surface area contributed by atoms with Gasteiger partial charge >= 0.3 is 0 Å². The molecule has 4 unspecified atom stereocenters. The van der Waals surface area contributed by atoms with Crippen LogP contribution in [-0.2, 0) is 9.59 Å². The Morgan fingerprint density at radius 1 is 1.14 bits per heavy atom. The van der Waals surface area contributed by atoms with E-state index in [0.717, 1.165) is 31.3 Å². The number of fused-ring (bicyclic) bond motifs is 5. The van der Waals surface area contributed by atoms with Crippen molar-refractivity contribution in [2.75, 3.05) is 0 Å². The van der Waals surface area contributed by atoms with E-state index in [0.29, 0.717) is 54.5 Å². The minimum absolute atomic E-state index is 0.0974. The van der Waals surface area contributed by atoms with Gasteiger partial charge in [0.25, 0.3) is 0 Å². The Morgan fingerprint density at radius 2 is 1.86 bits per heavy atom. The van der Waals surface area contributed by atoms with Gasteiger partial charge in [-0.1, -0.05) is 26.8 Å². The number of nitrogens with zero attached hydrogens (tertiary/aromatic N) is 1. The molecule has 3 nitrogen and oxygen atoms in total. The predicted octanol–water partition coefficient (Wildman–Crippen LogP) is 5.89. The van der Waals surface area contributed by atoms with E-state index in [2.05, 4.69) is 26.8 Å². The topological polar surface area (TPSA) is 57.9 Å². The quantitative estimate of drug-likeness (QED) is 0.560. The smallest absolute Gasteiger partial charge is 0.162 e. The summed E-state index contributed by atoms with van der Waals surface area (Å²) in [6.07, 6.45) is 10.6. The number of Topliss-reactive ketones (excluding diaryl/α,β-unsaturated/α-hetero) is 2. The second-order valence-corrected chi connectivity index (χ2v) is 11.1. The Hall–Kier alpha value is -1.43.